The number of rotatable bonds is 2. The molecule has 0 radical (unpaired) electrons. The van der Waals surface area contributed by atoms with Gasteiger partial charge < -0.3 is 9.88 Å². The summed E-state index contributed by atoms with van der Waals surface area (Å²) in [5, 5.41) is 3.40. The molecular weight excluding hydrogens is 271 g/mol. The van der Waals surface area contributed by atoms with Gasteiger partial charge in [-0.3, -0.25) is 4.79 Å². The summed E-state index contributed by atoms with van der Waals surface area (Å²) in [5.74, 6) is -0.375. The Labute approximate surface area is 120 Å². The summed E-state index contributed by atoms with van der Waals surface area (Å²) >= 11 is 0. The van der Waals surface area contributed by atoms with Gasteiger partial charge in [0.05, 0.1) is 6.20 Å². The molecule has 0 fully saturated rings. The average Bonchev–Trinajstić information content (AvgIpc) is 2.82. The molecule has 0 aliphatic rings. The summed E-state index contributed by atoms with van der Waals surface area (Å²) in [4.78, 5) is 19.2. The fourth-order valence-corrected chi connectivity index (χ4v) is 2.29. The van der Waals surface area contributed by atoms with E-state index in [-0.39, 0.29) is 5.91 Å². The topological polar surface area (TPSA) is 59.8 Å². The van der Waals surface area contributed by atoms with E-state index in [4.69, 9.17) is 0 Å². The number of nitrogens with zero attached hydrogens (tertiary/aromatic N) is 3. The fraction of sp³-hybridized carbons (Fsp3) is 0.133. The second kappa shape index (κ2) is 4.97. The SMILES string of the molecule is CC(=O)Nc1cc(-c2ccnc3c2ccn3C)c(F)cn1. The van der Waals surface area contributed by atoms with Crippen molar-refractivity contribution in [1.82, 2.24) is 14.5 Å². The molecule has 0 aliphatic heterocycles. The van der Waals surface area contributed by atoms with Crippen LogP contribution in [-0.2, 0) is 11.8 Å². The van der Waals surface area contributed by atoms with Gasteiger partial charge in [-0.1, -0.05) is 0 Å². The highest BCUT2D eigenvalue weighted by Gasteiger charge is 2.13. The highest BCUT2D eigenvalue weighted by atomic mass is 19.1. The van der Waals surface area contributed by atoms with Crippen molar-refractivity contribution in [1.29, 1.82) is 0 Å². The van der Waals surface area contributed by atoms with Crippen LogP contribution < -0.4 is 5.32 Å². The molecule has 0 atom stereocenters. The molecule has 0 aliphatic carbocycles. The van der Waals surface area contributed by atoms with Crippen LogP contribution in [0.25, 0.3) is 22.2 Å². The zero-order valence-corrected chi connectivity index (χ0v) is 11.6. The number of anilines is 1. The van der Waals surface area contributed by atoms with Crippen molar-refractivity contribution in [3.63, 3.8) is 0 Å². The second-order valence-corrected chi connectivity index (χ2v) is 4.75. The van der Waals surface area contributed by atoms with Crippen molar-refractivity contribution in [2.24, 2.45) is 7.05 Å². The zero-order valence-electron chi connectivity index (χ0n) is 11.6. The van der Waals surface area contributed by atoms with Crippen LogP contribution in [0.2, 0.25) is 0 Å². The highest BCUT2D eigenvalue weighted by Crippen LogP contribution is 2.30. The Hall–Kier alpha value is -2.76. The van der Waals surface area contributed by atoms with Gasteiger partial charge in [0.25, 0.3) is 0 Å². The first-order valence-corrected chi connectivity index (χ1v) is 6.40. The number of hydrogen-bond donors (Lipinski definition) is 1. The molecule has 0 spiro atoms. The standard InChI is InChI=1S/C15H13FN4O/c1-9(21)19-14-7-12(13(16)8-18-14)10-3-5-17-15-11(10)4-6-20(15)2/h3-8H,1-2H3,(H,18,19,21). The largest absolute Gasteiger partial charge is 0.336 e. The third-order valence-corrected chi connectivity index (χ3v) is 3.22. The molecule has 0 aromatic carbocycles. The fourth-order valence-electron chi connectivity index (χ4n) is 2.29. The van der Waals surface area contributed by atoms with Gasteiger partial charge in [0.15, 0.2) is 0 Å². The summed E-state index contributed by atoms with van der Waals surface area (Å²) in [6, 6.07) is 5.16. The zero-order chi connectivity index (χ0) is 15.0. The van der Waals surface area contributed by atoms with E-state index in [2.05, 4.69) is 15.3 Å². The Morgan fingerprint density at radius 1 is 1.29 bits per heavy atom. The lowest BCUT2D eigenvalue weighted by Crippen LogP contribution is -2.07. The molecule has 5 nitrogen and oxygen atoms in total. The number of nitrogens with one attached hydrogen (secondary N) is 1. The van der Waals surface area contributed by atoms with E-state index in [1.807, 2.05) is 23.9 Å². The van der Waals surface area contributed by atoms with E-state index in [0.29, 0.717) is 16.9 Å². The van der Waals surface area contributed by atoms with Crippen LogP contribution in [0.4, 0.5) is 10.2 Å². The molecule has 0 saturated carbocycles. The molecule has 3 heterocycles. The first-order valence-electron chi connectivity index (χ1n) is 6.40. The van der Waals surface area contributed by atoms with E-state index in [9.17, 15) is 9.18 Å². The van der Waals surface area contributed by atoms with E-state index < -0.39 is 5.82 Å². The predicted octanol–water partition coefficient (Wildman–Crippen LogP) is 2.73. The third kappa shape index (κ3) is 2.35. The number of hydrogen-bond acceptors (Lipinski definition) is 3. The number of aromatic nitrogens is 3. The van der Waals surface area contributed by atoms with Crippen LogP contribution in [0, 0.1) is 5.82 Å². The van der Waals surface area contributed by atoms with Crippen LogP contribution in [-0.4, -0.2) is 20.4 Å². The maximum atomic E-state index is 14.1. The van der Waals surface area contributed by atoms with Gasteiger partial charge in [-0.05, 0) is 23.8 Å². The predicted molar refractivity (Wildman–Crippen MR) is 78.2 cm³/mol. The number of carbonyl (C=O) groups excluding carboxylic acids is 1. The van der Waals surface area contributed by atoms with Crippen LogP contribution in [0.1, 0.15) is 6.92 Å². The van der Waals surface area contributed by atoms with Gasteiger partial charge in [0, 0.05) is 37.3 Å². The first kappa shape index (κ1) is 13.2. The van der Waals surface area contributed by atoms with Gasteiger partial charge in [-0.15, -0.1) is 0 Å². The number of halogens is 1. The van der Waals surface area contributed by atoms with Crippen LogP contribution in [0.3, 0.4) is 0 Å². The van der Waals surface area contributed by atoms with Gasteiger partial charge in [0.1, 0.15) is 17.3 Å². The molecule has 1 amide bonds. The summed E-state index contributed by atoms with van der Waals surface area (Å²) in [6.07, 6.45) is 4.61. The molecule has 106 valence electrons. The molecule has 6 heteroatoms. The minimum atomic E-state index is -0.444. The van der Waals surface area contributed by atoms with Gasteiger partial charge in [-0.2, -0.15) is 0 Å². The van der Waals surface area contributed by atoms with Crippen molar-refractivity contribution < 1.29 is 9.18 Å². The van der Waals surface area contributed by atoms with E-state index in [1.54, 1.807) is 12.3 Å². The maximum absolute atomic E-state index is 14.1. The quantitative estimate of drug-likeness (QED) is 0.787. The minimum absolute atomic E-state index is 0.250. The smallest absolute Gasteiger partial charge is 0.222 e. The normalized spacial score (nSPS) is 10.8. The number of carbonyl (C=O) groups is 1. The molecule has 21 heavy (non-hydrogen) atoms. The van der Waals surface area contributed by atoms with Crippen LogP contribution >= 0.6 is 0 Å². The van der Waals surface area contributed by atoms with Crippen molar-refractivity contribution in [3.05, 3.63) is 42.6 Å². The Bertz CT molecular complexity index is 841. The highest BCUT2D eigenvalue weighted by molar-refractivity contribution is 5.94. The van der Waals surface area contributed by atoms with E-state index >= 15 is 0 Å². The monoisotopic (exact) mass is 284 g/mol. The summed E-state index contributed by atoms with van der Waals surface area (Å²) in [5.41, 5.74) is 1.87. The van der Waals surface area contributed by atoms with Crippen molar-refractivity contribution in [3.8, 4) is 11.1 Å². The number of fused-ring (bicyclic) bond motifs is 1. The second-order valence-electron chi connectivity index (χ2n) is 4.75. The lowest BCUT2D eigenvalue weighted by Gasteiger charge is -2.08. The first-order chi connectivity index (χ1) is 10.1. The molecule has 0 saturated heterocycles. The molecular formula is C15H13FN4O. The minimum Gasteiger partial charge on any atom is -0.336 e. The number of aryl methyl sites for hydroxylation is 1. The maximum Gasteiger partial charge on any atom is 0.222 e. The molecule has 0 bridgehead atoms. The Balaban J connectivity index is 2.20. The Morgan fingerprint density at radius 3 is 2.86 bits per heavy atom. The van der Waals surface area contributed by atoms with Gasteiger partial charge in [-0.25, -0.2) is 14.4 Å². The van der Waals surface area contributed by atoms with Gasteiger partial charge in [0.2, 0.25) is 5.91 Å². The van der Waals surface area contributed by atoms with E-state index in [1.165, 1.54) is 13.0 Å². The Kier molecular flexibility index (Phi) is 3.13. The van der Waals surface area contributed by atoms with Crippen LogP contribution in [0.5, 0.6) is 0 Å². The molecule has 3 aromatic heterocycles. The number of amides is 1. The molecule has 0 unspecified atom stereocenters. The van der Waals surface area contributed by atoms with Crippen LogP contribution in [0.15, 0.2) is 36.8 Å². The molecule has 1 N–H and O–H groups in total. The van der Waals surface area contributed by atoms with Gasteiger partial charge >= 0.3 is 0 Å². The Morgan fingerprint density at radius 2 is 2.10 bits per heavy atom. The number of pyridine rings is 2. The summed E-state index contributed by atoms with van der Waals surface area (Å²) in [7, 11) is 1.88. The lowest BCUT2D eigenvalue weighted by molar-refractivity contribution is -0.114. The summed E-state index contributed by atoms with van der Waals surface area (Å²) < 4.78 is 16.0. The lowest BCUT2D eigenvalue weighted by atomic mass is 10.0. The van der Waals surface area contributed by atoms with E-state index in [0.717, 1.165) is 17.2 Å². The van der Waals surface area contributed by atoms with Crippen molar-refractivity contribution >= 4 is 22.8 Å². The average molecular weight is 284 g/mol. The van der Waals surface area contributed by atoms with Crippen molar-refractivity contribution in [2.45, 2.75) is 6.92 Å². The van der Waals surface area contributed by atoms with Crippen molar-refractivity contribution in [2.75, 3.05) is 5.32 Å². The summed E-state index contributed by atoms with van der Waals surface area (Å²) in [6.45, 7) is 1.38. The molecule has 3 aromatic rings. The third-order valence-electron chi connectivity index (χ3n) is 3.22. The molecule has 3 rings (SSSR count).